The second-order valence-corrected chi connectivity index (χ2v) is 8.85. The maximum atomic E-state index is 12.9. The number of hydrogen-bond donors (Lipinski definition) is 1. The zero-order valence-corrected chi connectivity index (χ0v) is 17.6. The van der Waals surface area contributed by atoms with Crippen LogP contribution in [-0.2, 0) is 10.0 Å². The maximum absolute atomic E-state index is 12.9. The number of aryl methyl sites for hydroxylation is 3. The predicted molar refractivity (Wildman–Crippen MR) is 113 cm³/mol. The van der Waals surface area contributed by atoms with Gasteiger partial charge in [-0.2, -0.15) is 9.61 Å². The third-order valence-electron chi connectivity index (χ3n) is 4.57. The molecule has 4 aromatic rings. The summed E-state index contributed by atoms with van der Waals surface area (Å²) in [7, 11) is -3.77. The highest BCUT2D eigenvalue weighted by molar-refractivity contribution is 7.92. The number of rotatable bonds is 4. The summed E-state index contributed by atoms with van der Waals surface area (Å²) in [5.41, 5.74) is 3.82. The highest BCUT2D eigenvalue weighted by Crippen LogP contribution is 2.27. The lowest BCUT2D eigenvalue weighted by Gasteiger charge is -2.13. The molecule has 4 rings (SSSR count). The fourth-order valence-electron chi connectivity index (χ4n) is 3.05. The first-order chi connectivity index (χ1) is 13.7. The van der Waals surface area contributed by atoms with Crippen LogP contribution in [0.4, 0.5) is 5.69 Å². The van der Waals surface area contributed by atoms with Gasteiger partial charge in [-0.15, -0.1) is 10.2 Å². The van der Waals surface area contributed by atoms with E-state index in [0.717, 1.165) is 5.56 Å². The van der Waals surface area contributed by atoms with Gasteiger partial charge in [-0.1, -0.05) is 23.7 Å². The van der Waals surface area contributed by atoms with Gasteiger partial charge in [0.2, 0.25) is 0 Å². The van der Waals surface area contributed by atoms with Gasteiger partial charge >= 0.3 is 0 Å². The van der Waals surface area contributed by atoms with Crippen LogP contribution < -0.4 is 4.72 Å². The Hall–Kier alpha value is -2.97. The molecule has 0 radical (unpaired) electrons. The van der Waals surface area contributed by atoms with Crippen molar-refractivity contribution in [3.8, 4) is 11.3 Å². The van der Waals surface area contributed by atoms with Gasteiger partial charge in [-0.05, 0) is 68.3 Å². The Bertz CT molecular complexity index is 1350. The van der Waals surface area contributed by atoms with Crippen LogP contribution in [0.2, 0.25) is 5.02 Å². The third kappa shape index (κ3) is 3.68. The fourth-order valence-corrected chi connectivity index (χ4v) is 4.63. The fraction of sp³-hybridized carbons (Fsp3) is 0.150. The summed E-state index contributed by atoms with van der Waals surface area (Å²) in [5, 5.41) is 13.1. The molecule has 0 aliphatic heterocycles. The summed E-state index contributed by atoms with van der Waals surface area (Å²) in [6.45, 7) is 5.31. The van der Waals surface area contributed by atoms with Crippen molar-refractivity contribution in [2.24, 2.45) is 0 Å². The van der Waals surface area contributed by atoms with E-state index >= 15 is 0 Å². The smallest absolute Gasteiger partial charge is 0.262 e. The summed E-state index contributed by atoms with van der Waals surface area (Å²) in [6.07, 6.45) is 0. The van der Waals surface area contributed by atoms with Gasteiger partial charge in [-0.3, -0.25) is 4.72 Å². The Morgan fingerprint density at radius 1 is 0.966 bits per heavy atom. The minimum Gasteiger partial charge on any atom is -0.280 e. The zero-order chi connectivity index (χ0) is 20.8. The summed E-state index contributed by atoms with van der Waals surface area (Å²) in [6, 6.07) is 14.0. The van der Waals surface area contributed by atoms with Crippen molar-refractivity contribution in [3.63, 3.8) is 0 Å². The first-order valence-electron chi connectivity index (χ1n) is 8.84. The summed E-state index contributed by atoms with van der Waals surface area (Å²) < 4.78 is 30.1. The first kappa shape index (κ1) is 19.4. The molecule has 0 aliphatic carbocycles. The molecule has 9 heteroatoms. The molecule has 0 bridgehead atoms. The van der Waals surface area contributed by atoms with E-state index in [4.69, 9.17) is 11.6 Å². The number of halogens is 1. The van der Waals surface area contributed by atoms with Crippen molar-refractivity contribution in [2.75, 3.05) is 4.72 Å². The van der Waals surface area contributed by atoms with Crippen molar-refractivity contribution in [1.82, 2.24) is 19.8 Å². The Morgan fingerprint density at radius 2 is 1.76 bits per heavy atom. The standard InChI is InChI=1S/C20H18ClN5O2S/c1-12-10-19(13(2)9-17(12)21)29(27,28)25-16-6-4-5-15(11-16)18-7-8-20-23-22-14(3)26(20)24-18/h4-11,25H,1-3H3. The van der Waals surface area contributed by atoms with Crippen LogP contribution in [0.5, 0.6) is 0 Å². The largest absolute Gasteiger partial charge is 0.280 e. The van der Waals surface area contributed by atoms with Crippen LogP contribution in [0, 0.1) is 20.8 Å². The molecular formula is C20H18ClN5O2S. The van der Waals surface area contributed by atoms with Crippen LogP contribution in [0.25, 0.3) is 16.9 Å². The molecule has 2 aromatic carbocycles. The monoisotopic (exact) mass is 427 g/mol. The molecule has 0 atom stereocenters. The van der Waals surface area contributed by atoms with E-state index in [1.807, 2.05) is 25.1 Å². The molecule has 29 heavy (non-hydrogen) atoms. The van der Waals surface area contributed by atoms with E-state index in [1.54, 1.807) is 48.7 Å². The molecule has 0 saturated heterocycles. The highest BCUT2D eigenvalue weighted by atomic mass is 35.5. The van der Waals surface area contributed by atoms with E-state index in [0.29, 0.717) is 39.0 Å². The molecule has 2 aromatic heterocycles. The van der Waals surface area contributed by atoms with Gasteiger partial charge in [-0.25, -0.2) is 8.42 Å². The number of fused-ring (bicyclic) bond motifs is 1. The minimum atomic E-state index is -3.77. The van der Waals surface area contributed by atoms with Crippen molar-refractivity contribution in [3.05, 3.63) is 70.5 Å². The zero-order valence-electron chi connectivity index (χ0n) is 16.0. The molecule has 0 saturated carbocycles. The minimum absolute atomic E-state index is 0.199. The molecule has 7 nitrogen and oxygen atoms in total. The third-order valence-corrected chi connectivity index (χ3v) is 6.51. The Morgan fingerprint density at radius 3 is 2.55 bits per heavy atom. The topological polar surface area (TPSA) is 89.2 Å². The van der Waals surface area contributed by atoms with Crippen LogP contribution in [0.3, 0.4) is 0 Å². The lowest BCUT2D eigenvalue weighted by Crippen LogP contribution is -2.14. The van der Waals surface area contributed by atoms with Crippen molar-refractivity contribution in [2.45, 2.75) is 25.7 Å². The number of nitrogens with one attached hydrogen (secondary N) is 1. The number of sulfonamides is 1. The Balaban J connectivity index is 1.70. The predicted octanol–water partition coefficient (Wildman–Crippen LogP) is 4.17. The van der Waals surface area contributed by atoms with E-state index in [2.05, 4.69) is 20.0 Å². The summed E-state index contributed by atoms with van der Waals surface area (Å²) >= 11 is 6.10. The number of benzene rings is 2. The van der Waals surface area contributed by atoms with E-state index in [-0.39, 0.29) is 4.90 Å². The van der Waals surface area contributed by atoms with Crippen LogP contribution in [-0.4, -0.2) is 28.2 Å². The number of aromatic nitrogens is 4. The Labute approximate surface area is 173 Å². The normalized spacial score (nSPS) is 11.7. The maximum Gasteiger partial charge on any atom is 0.262 e. The summed E-state index contributed by atoms with van der Waals surface area (Å²) in [5.74, 6) is 0.673. The SMILES string of the molecule is Cc1cc(S(=O)(=O)Nc2cccc(-c3ccc4nnc(C)n4n3)c2)c(C)cc1Cl. The van der Waals surface area contributed by atoms with Gasteiger partial charge in [0, 0.05) is 16.3 Å². The first-order valence-corrected chi connectivity index (χ1v) is 10.7. The van der Waals surface area contributed by atoms with E-state index < -0.39 is 10.0 Å². The van der Waals surface area contributed by atoms with Crippen molar-refractivity contribution in [1.29, 1.82) is 0 Å². The number of nitrogens with zero attached hydrogens (tertiary/aromatic N) is 4. The van der Waals surface area contributed by atoms with Gasteiger partial charge in [0.1, 0.15) is 0 Å². The molecule has 0 amide bonds. The molecular weight excluding hydrogens is 410 g/mol. The second-order valence-electron chi connectivity index (χ2n) is 6.79. The number of hydrogen-bond acceptors (Lipinski definition) is 5. The lowest BCUT2D eigenvalue weighted by atomic mass is 10.1. The Kier molecular flexibility index (Phi) is 4.76. The summed E-state index contributed by atoms with van der Waals surface area (Å²) in [4.78, 5) is 0.199. The molecule has 0 fully saturated rings. The van der Waals surface area contributed by atoms with Gasteiger partial charge in [0.05, 0.1) is 10.6 Å². The van der Waals surface area contributed by atoms with E-state index in [9.17, 15) is 8.42 Å². The molecule has 1 N–H and O–H groups in total. The quantitative estimate of drug-likeness (QED) is 0.528. The van der Waals surface area contributed by atoms with Crippen molar-refractivity contribution >= 4 is 33.0 Å². The number of anilines is 1. The average molecular weight is 428 g/mol. The second kappa shape index (κ2) is 7.13. The van der Waals surface area contributed by atoms with Crippen LogP contribution >= 0.6 is 11.6 Å². The van der Waals surface area contributed by atoms with E-state index in [1.165, 1.54) is 0 Å². The average Bonchev–Trinajstić information content (AvgIpc) is 3.05. The molecule has 0 aliphatic rings. The molecule has 0 spiro atoms. The molecule has 2 heterocycles. The van der Waals surface area contributed by atoms with Crippen LogP contribution in [0.1, 0.15) is 17.0 Å². The van der Waals surface area contributed by atoms with Gasteiger partial charge in [0.25, 0.3) is 10.0 Å². The van der Waals surface area contributed by atoms with Crippen LogP contribution in [0.15, 0.2) is 53.4 Å². The lowest BCUT2D eigenvalue weighted by molar-refractivity contribution is 0.600. The van der Waals surface area contributed by atoms with Gasteiger partial charge in [0.15, 0.2) is 11.5 Å². The molecule has 0 unspecified atom stereocenters. The van der Waals surface area contributed by atoms with Gasteiger partial charge < -0.3 is 0 Å². The highest BCUT2D eigenvalue weighted by Gasteiger charge is 2.19. The van der Waals surface area contributed by atoms with Crippen molar-refractivity contribution < 1.29 is 8.42 Å². The molecule has 148 valence electrons.